The molecule has 2 fully saturated rings. The lowest BCUT2D eigenvalue weighted by Crippen LogP contribution is -2.39. The Morgan fingerprint density at radius 2 is 0.955 bits per heavy atom. The number of carbonyl (C=O) groups excluding carboxylic acids is 1. The fraction of sp³-hybridized carbons (Fsp3) is 0.971. The predicted molar refractivity (Wildman–Crippen MR) is 171 cm³/mol. The van der Waals surface area contributed by atoms with E-state index in [9.17, 15) is 9.90 Å². The van der Waals surface area contributed by atoms with E-state index in [4.69, 9.17) is 37.9 Å². The van der Waals surface area contributed by atoms with Crippen LogP contribution in [0.15, 0.2) is 0 Å². The number of aliphatic hydroxyl groups excluding tert-OH is 1. The third kappa shape index (κ3) is 16.6. The van der Waals surface area contributed by atoms with Crippen molar-refractivity contribution >= 4 is 5.97 Å². The van der Waals surface area contributed by atoms with Gasteiger partial charge in [0.1, 0.15) is 24.4 Å². The Kier molecular flexibility index (Phi) is 25.5. The fourth-order valence-electron chi connectivity index (χ4n) is 4.66. The molecule has 10 heteroatoms. The Hall–Kier alpha value is -0.850. The fourth-order valence-corrected chi connectivity index (χ4v) is 4.66. The first-order valence-electron chi connectivity index (χ1n) is 17.6. The van der Waals surface area contributed by atoms with Crippen LogP contribution < -0.4 is 0 Å². The first-order chi connectivity index (χ1) is 21.5. The maximum absolute atomic E-state index is 12.0. The molecule has 0 radical (unpaired) electrons. The molecule has 2 aliphatic heterocycles. The van der Waals surface area contributed by atoms with E-state index < -0.39 is 18.5 Å². The quantitative estimate of drug-likeness (QED) is 0.0900. The van der Waals surface area contributed by atoms with Gasteiger partial charge in [0.15, 0.2) is 18.5 Å². The first-order valence-corrected chi connectivity index (χ1v) is 17.6. The average Bonchev–Trinajstić information content (AvgIpc) is 3.48. The van der Waals surface area contributed by atoms with Crippen molar-refractivity contribution in [2.75, 3.05) is 52.9 Å². The summed E-state index contributed by atoms with van der Waals surface area (Å²) in [4.78, 5) is 12.0. The highest BCUT2D eigenvalue weighted by Gasteiger charge is 2.47. The molecule has 0 aromatic carbocycles. The lowest BCUT2D eigenvalue weighted by Gasteiger charge is -2.23. The molecule has 0 bridgehead atoms. The lowest BCUT2D eigenvalue weighted by molar-refractivity contribution is -0.151. The van der Waals surface area contributed by atoms with Gasteiger partial charge >= 0.3 is 5.97 Å². The summed E-state index contributed by atoms with van der Waals surface area (Å²) in [5.41, 5.74) is 0. The maximum Gasteiger partial charge on any atom is 0.338 e. The van der Waals surface area contributed by atoms with Crippen LogP contribution in [0.4, 0.5) is 0 Å². The average molecular weight is 635 g/mol. The van der Waals surface area contributed by atoms with E-state index in [2.05, 4.69) is 41.5 Å². The van der Waals surface area contributed by atoms with Crippen LogP contribution in [0.25, 0.3) is 0 Å². The molecule has 1 N–H and O–H groups in total. The van der Waals surface area contributed by atoms with E-state index in [1.165, 1.54) is 0 Å². The van der Waals surface area contributed by atoms with Gasteiger partial charge in [0, 0.05) is 39.6 Å². The van der Waals surface area contributed by atoms with Gasteiger partial charge in [0.05, 0.1) is 13.2 Å². The first kappa shape index (κ1) is 41.2. The van der Waals surface area contributed by atoms with Gasteiger partial charge in [-0.15, -0.1) is 0 Å². The number of cyclic esters (lactones) is 1. The lowest BCUT2D eigenvalue weighted by atomic mass is 10.1. The van der Waals surface area contributed by atoms with Crippen LogP contribution in [-0.2, 0) is 42.7 Å². The molecule has 0 aromatic heterocycles. The zero-order valence-electron chi connectivity index (χ0n) is 28.8. The van der Waals surface area contributed by atoms with E-state index in [1.807, 2.05) is 0 Å². The van der Waals surface area contributed by atoms with Crippen molar-refractivity contribution in [3.8, 4) is 0 Å². The number of unbranched alkanes of at least 4 members (excludes halogenated alkanes) is 6. The van der Waals surface area contributed by atoms with E-state index in [1.54, 1.807) is 0 Å². The van der Waals surface area contributed by atoms with E-state index in [0.717, 1.165) is 83.7 Å². The van der Waals surface area contributed by atoms with Gasteiger partial charge in [-0.1, -0.05) is 80.1 Å². The molecule has 0 spiro atoms. The van der Waals surface area contributed by atoms with Gasteiger partial charge < -0.3 is 43.0 Å². The highest BCUT2D eigenvalue weighted by atomic mass is 16.7. The van der Waals surface area contributed by atoms with Crippen LogP contribution in [-0.4, -0.2) is 107 Å². The second-order valence-electron chi connectivity index (χ2n) is 11.6. The number of carbonyl (C=O) groups is 1. The van der Waals surface area contributed by atoms with Crippen LogP contribution in [0.3, 0.4) is 0 Å². The van der Waals surface area contributed by atoms with Crippen LogP contribution >= 0.6 is 0 Å². The van der Waals surface area contributed by atoms with Crippen molar-refractivity contribution in [2.24, 2.45) is 0 Å². The SMILES string of the molecule is CCCCOC[C@H]1OC(=O)[C@H](OCCCC)[C@@H]1OCCCC.CCCCOC[C@H]1OC(O)[C@H](OCCCC)[C@@H]1OCCCC. The summed E-state index contributed by atoms with van der Waals surface area (Å²) >= 11 is 0. The van der Waals surface area contributed by atoms with Crippen molar-refractivity contribution in [1.82, 2.24) is 0 Å². The Morgan fingerprint density at radius 1 is 0.545 bits per heavy atom. The number of aliphatic hydroxyl groups is 1. The monoisotopic (exact) mass is 634 g/mol. The van der Waals surface area contributed by atoms with Gasteiger partial charge in [-0.05, 0) is 38.5 Å². The van der Waals surface area contributed by atoms with Gasteiger partial charge in [-0.3, -0.25) is 0 Å². The number of hydrogen-bond donors (Lipinski definition) is 1. The molecule has 0 aliphatic carbocycles. The van der Waals surface area contributed by atoms with Gasteiger partial charge in [-0.25, -0.2) is 4.79 Å². The van der Waals surface area contributed by atoms with Crippen LogP contribution in [0.2, 0.25) is 0 Å². The Labute approximate surface area is 268 Å². The molecule has 0 saturated carbocycles. The Morgan fingerprint density at radius 3 is 1.45 bits per heavy atom. The molecule has 1 unspecified atom stereocenters. The van der Waals surface area contributed by atoms with Crippen LogP contribution in [0, 0.1) is 0 Å². The minimum Gasteiger partial charge on any atom is -0.455 e. The molecule has 44 heavy (non-hydrogen) atoms. The summed E-state index contributed by atoms with van der Waals surface area (Å²) in [6.45, 7) is 17.4. The molecule has 2 rings (SSSR count). The highest BCUT2D eigenvalue weighted by Crippen LogP contribution is 2.27. The van der Waals surface area contributed by atoms with Crippen molar-refractivity contribution in [3.05, 3.63) is 0 Å². The number of hydrogen-bond acceptors (Lipinski definition) is 10. The summed E-state index contributed by atoms with van der Waals surface area (Å²) in [7, 11) is 0. The minimum absolute atomic E-state index is 0.250. The molecule has 7 atom stereocenters. The largest absolute Gasteiger partial charge is 0.455 e. The molecule has 0 amide bonds. The van der Waals surface area contributed by atoms with Gasteiger partial charge in [0.2, 0.25) is 0 Å². The number of ether oxygens (including phenoxy) is 8. The van der Waals surface area contributed by atoms with Crippen LogP contribution in [0.1, 0.15) is 119 Å². The second kappa shape index (κ2) is 27.3. The minimum atomic E-state index is -0.928. The van der Waals surface area contributed by atoms with Gasteiger partial charge in [-0.2, -0.15) is 0 Å². The summed E-state index contributed by atoms with van der Waals surface area (Å²) in [5, 5.41) is 10.1. The van der Waals surface area contributed by atoms with Gasteiger partial charge in [0.25, 0.3) is 0 Å². The maximum atomic E-state index is 12.0. The normalized spacial score (nSPS) is 26.5. The van der Waals surface area contributed by atoms with E-state index >= 15 is 0 Å². The molecule has 0 aromatic rings. The van der Waals surface area contributed by atoms with Crippen LogP contribution in [0.5, 0.6) is 0 Å². The van der Waals surface area contributed by atoms with E-state index in [-0.39, 0.29) is 30.4 Å². The molecule has 2 heterocycles. The zero-order valence-corrected chi connectivity index (χ0v) is 28.8. The van der Waals surface area contributed by atoms with Crippen molar-refractivity contribution in [2.45, 2.75) is 162 Å². The summed E-state index contributed by atoms with van der Waals surface area (Å²) in [6, 6.07) is 0. The Bertz CT molecular complexity index is 666. The number of rotatable bonds is 26. The van der Waals surface area contributed by atoms with Crippen molar-refractivity contribution in [1.29, 1.82) is 0 Å². The smallest absolute Gasteiger partial charge is 0.338 e. The summed E-state index contributed by atoms with van der Waals surface area (Å²) in [5.74, 6) is -0.318. The summed E-state index contributed by atoms with van der Waals surface area (Å²) < 4.78 is 45.6. The summed E-state index contributed by atoms with van der Waals surface area (Å²) in [6.07, 6.45) is 9.19. The Balaban J connectivity index is 0.000000440. The topological polar surface area (TPSA) is 111 Å². The molecule has 2 aliphatic rings. The third-order valence-electron chi connectivity index (χ3n) is 7.52. The molecule has 262 valence electrons. The highest BCUT2D eigenvalue weighted by molar-refractivity contribution is 5.78. The van der Waals surface area contributed by atoms with E-state index in [0.29, 0.717) is 46.2 Å². The molecule has 2 saturated heterocycles. The standard InChI is InChI=1S/C17H34O5.C17H32O5/c2*1-4-7-10-19-13-14-15(20-11-8-5-2)16(17(18)22-14)21-12-9-6-3/h14-18H,4-13H2,1-3H3;14-16H,4-13H2,1-3H3/t14-,15-,16-,17?;14-,15-,16-/m11/s1. The van der Waals surface area contributed by atoms with Crippen molar-refractivity contribution < 1.29 is 47.8 Å². The molecular formula is C34H66O10. The predicted octanol–water partition coefficient (Wildman–Crippen LogP) is 5.99. The zero-order chi connectivity index (χ0) is 32.4. The van der Waals surface area contributed by atoms with Crippen molar-refractivity contribution in [3.63, 3.8) is 0 Å². The molecular weight excluding hydrogens is 568 g/mol. The molecule has 10 nitrogen and oxygen atoms in total. The third-order valence-corrected chi connectivity index (χ3v) is 7.52. The number of esters is 1. The second-order valence-corrected chi connectivity index (χ2v) is 11.6.